The molecule has 0 radical (unpaired) electrons. The molecular formula is C20H23FO3. The summed E-state index contributed by atoms with van der Waals surface area (Å²) in [6.07, 6.45) is 1.84. The van der Waals surface area contributed by atoms with Crippen LogP contribution in [0.5, 0.6) is 5.75 Å². The van der Waals surface area contributed by atoms with Gasteiger partial charge in [-0.05, 0) is 41.7 Å². The summed E-state index contributed by atoms with van der Waals surface area (Å²) in [5, 5.41) is 0. The molecule has 0 spiro atoms. The Morgan fingerprint density at radius 1 is 1.08 bits per heavy atom. The van der Waals surface area contributed by atoms with Crippen LogP contribution < -0.4 is 4.74 Å². The zero-order chi connectivity index (χ0) is 17.5. The molecule has 0 amide bonds. The first-order chi connectivity index (χ1) is 11.6. The summed E-state index contributed by atoms with van der Waals surface area (Å²) in [5.41, 5.74) is 3.33. The van der Waals surface area contributed by atoms with Gasteiger partial charge < -0.3 is 9.47 Å². The fourth-order valence-corrected chi connectivity index (χ4v) is 2.58. The number of carbonyl (C=O) groups is 1. The Labute approximate surface area is 142 Å². The number of esters is 1. The molecule has 0 N–H and O–H groups in total. The van der Waals surface area contributed by atoms with E-state index in [0.29, 0.717) is 11.1 Å². The van der Waals surface area contributed by atoms with Gasteiger partial charge in [0.2, 0.25) is 0 Å². The Balaban J connectivity index is 2.21. The van der Waals surface area contributed by atoms with Crippen molar-refractivity contribution in [3.05, 3.63) is 64.5 Å². The van der Waals surface area contributed by atoms with Gasteiger partial charge in [-0.2, -0.15) is 0 Å². The number of benzene rings is 2. The van der Waals surface area contributed by atoms with E-state index in [1.165, 1.54) is 18.7 Å². The molecule has 3 nitrogen and oxygen atoms in total. The standard InChI is InChI=1S/C20H23FO3/c1-4-14-9-10-19(15(5-2)11-14)24-13-17-16(12-20(22)23-3)7-6-8-18(17)21/h6-11H,4-5,12-13H2,1-3H3. The lowest BCUT2D eigenvalue weighted by molar-refractivity contribution is -0.139. The molecule has 0 aliphatic rings. The van der Waals surface area contributed by atoms with Gasteiger partial charge in [-0.15, -0.1) is 0 Å². The summed E-state index contributed by atoms with van der Waals surface area (Å²) in [6.45, 7) is 4.25. The molecule has 0 bridgehead atoms. The molecule has 2 aromatic rings. The zero-order valence-corrected chi connectivity index (χ0v) is 14.4. The van der Waals surface area contributed by atoms with Crippen molar-refractivity contribution in [3.8, 4) is 5.75 Å². The van der Waals surface area contributed by atoms with Gasteiger partial charge in [-0.3, -0.25) is 4.79 Å². The molecule has 0 saturated carbocycles. The van der Waals surface area contributed by atoms with Crippen LogP contribution in [0.25, 0.3) is 0 Å². The fraction of sp³-hybridized carbons (Fsp3) is 0.350. The van der Waals surface area contributed by atoms with Crippen molar-refractivity contribution in [1.82, 2.24) is 0 Å². The predicted molar refractivity (Wildman–Crippen MR) is 91.7 cm³/mol. The Morgan fingerprint density at radius 3 is 2.54 bits per heavy atom. The smallest absolute Gasteiger partial charge is 0.309 e. The Bertz CT molecular complexity index is 710. The number of hydrogen-bond donors (Lipinski definition) is 0. The van der Waals surface area contributed by atoms with Crippen molar-refractivity contribution in [2.75, 3.05) is 7.11 Å². The number of methoxy groups -OCH3 is 1. The molecule has 4 heteroatoms. The van der Waals surface area contributed by atoms with Crippen LogP contribution in [0.2, 0.25) is 0 Å². The van der Waals surface area contributed by atoms with Crippen LogP contribution in [0.15, 0.2) is 36.4 Å². The molecule has 2 aromatic carbocycles. The van der Waals surface area contributed by atoms with Crippen LogP contribution in [-0.2, 0) is 35.4 Å². The van der Waals surface area contributed by atoms with E-state index in [1.54, 1.807) is 12.1 Å². The van der Waals surface area contributed by atoms with Crippen LogP contribution in [0.3, 0.4) is 0 Å². The maximum atomic E-state index is 14.2. The third-order valence-corrected chi connectivity index (χ3v) is 4.06. The van der Waals surface area contributed by atoms with Gasteiger partial charge in [0.25, 0.3) is 0 Å². The van der Waals surface area contributed by atoms with Crippen molar-refractivity contribution in [1.29, 1.82) is 0 Å². The highest BCUT2D eigenvalue weighted by Gasteiger charge is 2.14. The first kappa shape index (κ1) is 18.0. The lowest BCUT2D eigenvalue weighted by Gasteiger charge is -2.14. The molecule has 24 heavy (non-hydrogen) atoms. The number of carbonyl (C=O) groups excluding carboxylic acids is 1. The van der Waals surface area contributed by atoms with E-state index in [9.17, 15) is 9.18 Å². The van der Waals surface area contributed by atoms with E-state index in [2.05, 4.69) is 24.7 Å². The molecule has 2 rings (SSSR count). The summed E-state index contributed by atoms with van der Waals surface area (Å²) < 4.78 is 24.7. The van der Waals surface area contributed by atoms with Crippen molar-refractivity contribution >= 4 is 5.97 Å². The van der Waals surface area contributed by atoms with E-state index in [-0.39, 0.29) is 18.8 Å². The molecule has 0 fully saturated rings. The molecule has 128 valence electrons. The number of rotatable bonds is 7. The maximum Gasteiger partial charge on any atom is 0.309 e. The lowest BCUT2D eigenvalue weighted by atomic mass is 10.0. The lowest BCUT2D eigenvalue weighted by Crippen LogP contribution is -2.10. The van der Waals surface area contributed by atoms with E-state index >= 15 is 0 Å². The van der Waals surface area contributed by atoms with Gasteiger partial charge in [0, 0.05) is 5.56 Å². The van der Waals surface area contributed by atoms with E-state index in [1.807, 2.05) is 12.1 Å². The minimum atomic E-state index is -0.400. The number of aryl methyl sites for hydroxylation is 2. The van der Waals surface area contributed by atoms with Gasteiger partial charge >= 0.3 is 5.97 Å². The summed E-state index contributed by atoms with van der Waals surface area (Å²) in [5.74, 6) is -0.0232. The van der Waals surface area contributed by atoms with Crippen molar-refractivity contribution < 1.29 is 18.7 Å². The normalized spacial score (nSPS) is 10.5. The van der Waals surface area contributed by atoms with Crippen molar-refractivity contribution in [2.24, 2.45) is 0 Å². The van der Waals surface area contributed by atoms with Gasteiger partial charge in [0.1, 0.15) is 18.2 Å². The van der Waals surface area contributed by atoms with Crippen molar-refractivity contribution in [3.63, 3.8) is 0 Å². The molecule has 0 aliphatic carbocycles. The average molecular weight is 330 g/mol. The molecule has 0 aliphatic heterocycles. The minimum Gasteiger partial charge on any atom is -0.489 e. The van der Waals surface area contributed by atoms with Crippen molar-refractivity contribution in [2.45, 2.75) is 39.7 Å². The highest BCUT2D eigenvalue weighted by atomic mass is 19.1. The largest absolute Gasteiger partial charge is 0.489 e. The Kier molecular flexibility index (Phi) is 6.36. The van der Waals surface area contributed by atoms with E-state index < -0.39 is 5.97 Å². The summed E-state index contributed by atoms with van der Waals surface area (Å²) in [6, 6.07) is 10.8. The second-order valence-electron chi connectivity index (χ2n) is 5.57. The summed E-state index contributed by atoms with van der Waals surface area (Å²) in [7, 11) is 1.32. The Hall–Kier alpha value is -2.36. The summed E-state index contributed by atoms with van der Waals surface area (Å²) >= 11 is 0. The van der Waals surface area contributed by atoms with Crippen LogP contribution in [0.4, 0.5) is 4.39 Å². The molecule has 0 unspecified atom stereocenters. The molecule has 0 aromatic heterocycles. The van der Waals surface area contributed by atoms with Crippen LogP contribution in [-0.4, -0.2) is 13.1 Å². The number of ether oxygens (including phenoxy) is 2. The van der Waals surface area contributed by atoms with E-state index in [4.69, 9.17) is 4.74 Å². The highest BCUT2D eigenvalue weighted by Crippen LogP contribution is 2.24. The minimum absolute atomic E-state index is 0.0301. The van der Waals surface area contributed by atoms with Crippen LogP contribution in [0.1, 0.15) is 36.1 Å². The first-order valence-electron chi connectivity index (χ1n) is 8.16. The quantitative estimate of drug-likeness (QED) is 0.712. The maximum absolute atomic E-state index is 14.2. The van der Waals surface area contributed by atoms with Crippen LogP contribution >= 0.6 is 0 Å². The number of hydrogen-bond acceptors (Lipinski definition) is 3. The predicted octanol–water partition coefficient (Wildman–Crippen LogP) is 4.25. The molecule has 0 saturated heterocycles. The first-order valence-corrected chi connectivity index (χ1v) is 8.16. The highest BCUT2D eigenvalue weighted by molar-refractivity contribution is 5.72. The molecule has 0 atom stereocenters. The van der Waals surface area contributed by atoms with E-state index in [0.717, 1.165) is 24.2 Å². The molecule has 0 heterocycles. The monoisotopic (exact) mass is 330 g/mol. The third kappa shape index (κ3) is 4.34. The fourth-order valence-electron chi connectivity index (χ4n) is 2.58. The second kappa shape index (κ2) is 8.48. The molecular weight excluding hydrogens is 307 g/mol. The summed E-state index contributed by atoms with van der Waals surface area (Å²) in [4.78, 5) is 11.5. The average Bonchev–Trinajstić information content (AvgIpc) is 2.61. The number of halogens is 1. The Morgan fingerprint density at radius 2 is 1.88 bits per heavy atom. The van der Waals surface area contributed by atoms with Gasteiger partial charge in [0.15, 0.2) is 0 Å². The SMILES string of the molecule is CCc1ccc(OCc2c(F)cccc2CC(=O)OC)c(CC)c1. The second-order valence-corrected chi connectivity index (χ2v) is 5.57. The van der Waals surface area contributed by atoms with Crippen LogP contribution in [0, 0.1) is 5.82 Å². The zero-order valence-electron chi connectivity index (χ0n) is 14.4. The third-order valence-electron chi connectivity index (χ3n) is 4.06. The van der Waals surface area contributed by atoms with Gasteiger partial charge in [-0.25, -0.2) is 4.39 Å². The topological polar surface area (TPSA) is 35.5 Å². The van der Waals surface area contributed by atoms with Gasteiger partial charge in [0.05, 0.1) is 13.5 Å². The van der Waals surface area contributed by atoms with Gasteiger partial charge in [-0.1, -0.05) is 38.1 Å².